The Labute approximate surface area is 74.8 Å². The van der Waals surface area contributed by atoms with Crippen LogP contribution in [-0.4, -0.2) is 7.11 Å². The summed E-state index contributed by atoms with van der Waals surface area (Å²) in [7, 11) is 1.63. The molecule has 58 valence electrons. The number of halogens is 1. The van der Waals surface area contributed by atoms with Crippen LogP contribution in [0, 0.1) is 0 Å². The first kappa shape index (κ1) is 8.34. The molecule has 0 aliphatic carbocycles. The Morgan fingerprint density at radius 2 is 1.91 bits per heavy atom. The third-order valence-corrected chi connectivity index (χ3v) is 1.80. The van der Waals surface area contributed by atoms with Crippen LogP contribution in [0.5, 0.6) is 0 Å². The maximum absolute atomic E-state index is 4.78. The molecule has 0 saturated carbocycles. The molecule has 1 aromatic carbocycles. The molecule has 2 heteroatoms. The fourth-order valence-corrected chi connectivity index (χ4v) is 0.985. The van der Waals surface area contributed by atoms with Gasteiger partial charge < -0.3 is 4.74 Å². The Morgan fingerprint density at radius 1 is 1.27 bits per heavy atom. The lowest BCUT2D eigenvalue weighted by Crippen LogP contribution is -1.71. The molecule has 0 heterocycles. The van der Waals surface area contributed by atoms with Crippen LogP contribution in [0.1, 0.15) is 5.56 Å². The summed E-state index contributed by atoms with van der Waals surface area (Å²) < 4.78 is 5.87. The summed E-state index contributed by atoms with van der Waals surface area (Å²) in [5.74, 6) is 0. The molecular formula is C9H9BrO. The van der Waals surface area contributed by atoms with Gasteiger partial charge >= 0.3 is 0 Å². The summed E-state index contributed by atoms with van der Waals surface area (Å²) in [6, 6.07) is 8.02. The van der Waals surface area contributed by atoms with Crippen molar-refractivity contribution in [2.45, 2.75) is 0 Å². The van der Waals surface area contributed by atoms with Gasteiger partial charge in [0.1, 0.15) is 0 Å². The molecule has 1 nitrogen and oxygen atoms in total. The topological polar surface area (TPSA) is 9.23 Å². The third kappa shape index (κ3) is 2.76. The highest BCUT2D eigenvalue weighted by Gasteiger charge is 1.85. The second-order valence-corrected chi connectivity index (χ2v) is 3.01. The minimum Gasteiger partial charge on any atom is -0.504 e. The fraction of sp³-hybridized carbons (Fsp3) is 0.111. The number of hydrogen-bond acceptors (Lipinski definition) is 1. The number of benzene rings is 1. The Bertz CT molecular complexity index is 238. The van der Waals surface area contributed by atoms with Crippen LogP contribution in [0.4, 0.5) is 0 Å². The maximum atomic E-state index is 4.78. The van der Waals surface area contributed by atoms with Crippen molar-refractivity contribution in [2.24, 2.45) is 0 Å². The van der Waals surface area contributed by atoms with Crippen LogP contribution in [0.2, 0.25) is 0 Å². The van der Waals surface area contributed by atoms with Gasteiger partial charge in [0.05, 0.1) is 13.4 Å². The van der Waals surface area contributed by atoms with Gasteiger partial charge in [0.15, 0.2) is 0 Å². The van der Waals surface area contributed by atoms with E-state index in [1.165, 1.54) is 0 Å². The van der Waals surface area contributed by atoms with Gasteiger partial charge in [-0.3, -0.25) is 0 Å². The zero-order chi connectivity index (χ0) is 8.10. The molecule has 0 unspecified atom stereocenters. The van der Waals surface area contributed by atoms with Gasteiger partial charge in [0.25, 0.3) is 0 Å². The molecule has 0 radical (unpaired) electrons. The van der Waals surface area contributed by atoms with Crippen LogP contribution in [-0.2, 0) is 4.74 Å². The van der Waals surface area contributed by atoms with E-state index in [4.69, 9.17) is 4.74 Å². The van der Waals surface area contributed by atoms with Gasteiger partial charge in [-0.15, -0.1) is 0 Å². The van der Waals surface area contributed by atoms with E-state index in [1.807, 2.05) is 30.3 Å². The summed E-state index contributed by atoms with van der Waals surface area (Å²) in [4.78, 5) is 0. The van der Waals surface area contributed by atoms with Gasteiger partial charge in [-0.1, -0.05) is 28.1 Å². The lowest BCUT2D eigenvalue weighted by Gasteiger charge is -1.92. The van der Waals surface area contributed by atoms with Crippen molar-refractivity contribution in [1.29, 1.82) is 0 Å². The first-order valence-corrected chi connectivity index (χ1v) is 4.07. The molecule has 0 saturated heterocycles. The zero-order valence-electron chi connectivity index (χ0n) is 6.25. The SMILES string of the molecule is COC=Cc1ccc(Br)cc1. The molecule has 0 aliphatic heterocycles. The molecule has 1 aromatic rings. The van der Waals surface area contributed by atoms with Crippen molar-refractivity contribution in [2.75, 3.05) is 7.11 Å². The minimum atomic E-state index is 1.09. The largest absolute Gasteiger partial charge is 0.504 e. The average Bonchev–Trinajstić information content (AvgIpc) is 2.04. The monoisotopic (exact) mass is 212 g/mol. The number of rotatable bonds is 2. The molecule has 0 atom stereocenters. The van der Waals surface area contributed by atoms with Crippen molar-refractivity contribution in [1.82, 2.24) is 0 Å². The van der Waals surface area contributed by atoms with E-state index < -0.39 is 0 Å². The van der Waals surface area contributed by atoms with Crippen molar-refractivity contribution in [3.63, 3.8) is 0 Å². The lowest BCUT2D eigenvalue weighted by atomic mass is 10.2. The highest BCUT2D eigenvalue weighted by molar-refractivity contribution is 9.10. The average molecular weight is 213 g/mol. The highest BCUT2D eigenvalue weighted by atomic mass is 79.9. The van der Waals surface area contributed by atoms with E-state index in [0.717, 1.165) is 10.0 Å². The summed E-state index contributed by atoms with van der Waals surface area (Å²) in [6.45, 7) is 0. The predicted molar refractivity (Wildman–Crippen MR) is 50.2 cm³/mol. The second kappa shape index (κ2) is 4.19. The van der Waals surface area contributed by atoms with E-state index in [-0.39, 0.29) is 0 Å². The molecule has 0 aromatic heterocycles. The summed E-state index contributed by atoms with van der Waals surface area (Å²) in [5.41, 5.74) is 1.13. The fourth-order valence-electron chi connectivity index (χ4n) is 0.721. The first-order chi connectivity index (χ1) is 5.33. The lowest BCUT2D eigenvalue weighted by molar-refractivity contribution is 0.341. The quantitative estimate of drug-likeness (QED) is 0.686. The highest BCUT2D eigenvalue weighted by Crippen LogP contribution is 2.11. The minimum absolute atomic E-state index is 1.09. The van der Waals surface area contributed by atoms with Crippen molar-refractivity contribution in [3.05, 3.63) is 40.6 Å². The molecule has 1 rings (SSSR count). The van der Waals surface area contributed by atoms with E-state index in [1.54, 1.807) is 13.4 Å². The van der Waals surface area contributed by atoms with Gasteiger partial charge in [-0.25, -0.2) is 0 Å². The molecule has 0 aliphatic rings. The number of ether oxygens (including phenoxy) is 1. The molecule has 11 heavy (non-hydrogen) atoms. The van der Waals surface area contributed by atoms with Gasteiger partial charge in [-0.2, -0.15) is 0 Å². The summed E-state index contributed by atoms with van der Waals surface area (Å²) >= 11 is 3.36. The first-order valence-electron chi connectivity index (χ1n) is 3.28. The Morgan fingerprint density at radius 3 is 2.45 bits per heavy atom. The van der Waals surface area contributed by atoms with E-state index >= 15 is 0 Å². The molecule has 0 spiro atoms. The summed E-state index contributed by atoms with van der Waals surface area (Å²) in [6.07, 6.45) is 3.57. The second-order valence-electron chi connectivity index (χ2n) is 2.09. The van der Waals surface area contributed by atoms with Crippen LogP contribution in [0.3, 0.4) is 0 Å². The molecular weight excluding hydrogens is 204 g/mol. The number of hydrogen-bond donors (Lipinski definition) is 0. The molecule has 0 amide bonds. The Kier molecular flexibility index (Phi) is 3.17. The molecule has 0 fully saturated rings. The van der Waals surface area contributed by atoms with E-state index in [2.05, 4.69) is 15.9 Å². The molecule has 0 bridgehead atoms. The number of methoxy groups -OCH3 is 1. The van der Waals surface area contributed by atoms with E-state index in [0.29, 0.717) is 0 Å². The zero-order valence-corrected chi connectivity index (χ0v) is 7.84. The van der Waals surface area contributed by atoms with Gasteiger partial charge in [0, 0.05) is 4.47 Å². The van der Waals surface area contributed by atoms with Crippen LogP contribution >= 0.6 is 15.9 Å². The van der Waals surface area contributed by atoms with Crippen LogP contribution < -0.4 is 0 Å². The van der Waals surface area contributed by atoms with Crippen molar-refractivity contribution in [3.8, 4) is 0 Å². The third-order valence-electron chi connectivity index (χ3n) is 1.27. The van der Waals surface area contributed by atoms with E-state index in [9.17, 15) is 0 Å². The van der Waals surface area contributed by atoms with Gasteiger partial charge in [0.2, 0.25) is 0 Å². The van der Waals surface area contributed by atoms with Crippen molar-refractivity contribution < 1.29 is 4.74 Å². The Balaban J connectivity index is 2.73. The van der Waals surface area contributed by atoms with Crippen molar-refractivity contribution >= 4 is 22.0 Å². The predicted octanol–water partition coefficient (Wildman–Crippen LogP) is 3.07. The smallest absolute Gasteiger partial charge is 0.0830 e. The standard InChI is InChI=1S/C9H9BrO/c1-11-7-6-8-2-4-9(10)5-3-8/h2-7H,1H3. The van der Waals surface area contributed by atoms with Crippen LogP contribution in [0.25, 0.3) is 6.08 Å². The normalized spacial score (nSPS) is 10.4. The molecule has 0 N–H and O–H groups in total. The maximum Gasteiger partial charge on any atom is 0.0830 e. The Hall–Kier alpha value is -0.760. The van der Waals surface area contributed by atoms with Crippen LogP contribution in [0.15, 0.2) is 35.0 Å². The van der Waals surface area contributed by atoms with Gasteiger partial charge in [-0.05, 0) is 23.8 Å². The summed E-state index contributed by atoms with van der Waals surface area (Å²) in [5, 5.41) is 0.